The van der Waals surface area contributed by atoms with Crippen molar-refractivity contribution in [1.29, 1.82) is 0 Å². The summed E-state index contributed by atoms with van der Waals surface area (Å²) in [5, 5.41) is 1.14. The Kier molecular flexibility index (Phi) is 6.55. The third kappa shape index (κ3) is 5.34. The molecule has 1 unspecified atom stereocenters. The molecule has 1 aromatic heterocycles. The van der Waals surface area contributed by atoms with E-state index in [2.05, 4.69) is 16.5 Å². The number of unbranched alkanes of at least 4 members (excludes halogenated alkanes) is 1. The van der Waals surface area contributed by atoms with E-state index in [1.54, 1.807) is 12.3 Å². The number of aromatic nitrogens is 2. The first-order chi connectivity index (χ1) is 10.2. The van der Waals surface area contributed by atoms with E-state index in [0.717, 1.165) is 31.4 Å². The average molecular weight is 327 g/mol. The number of halogens is 2. The van der Waals surface area contributed by atoms with Gasteiger partial charge in [-0.2, -0.15) is 0 Å². The van der Waals surface area contributed by atoms with Gasteiger partial charge in [-0.25, -0.2) is 4.98 Å². The first kappa shape index (κ1) is 16.3. The van der Waals surface area contributed by atoms with Crippen LogP contribution < -0.4 is 0 Å². The highest BCUT2D eigenvalue weighted by atomic mass is 35.5. The van der Waals surface area contributed by atoms with Crippen LogP contribution in [0.15, 0.2) is 36.9 Å². The third-order valence-corrected chi connectivity index (χ3v) is 4.06. The molecule has 0 radical (unpaired) electrons. The fraction of sp³-hybridized carbons (Fsp3) is 0.438. The van der Waals surface area contributed by atoms with Crippen molar-refractivity contribution in [3.8, 4) is 0 Å². The topological polar surface area (TPSA) is 27.1 Å². The predicted molar refractivity (Wildman–Crippen MR) is 86.8 cm³/mol. The quantitative estimate of drug-likeness (QED) is 0.685. The number of rotatable bonds is 8. The van der Waals surface area contributed by atoms with Crippen LogP contribution in [0.4, 0.5) is 0 Å². The van der Waals surface area contributed by atoms with E-state index in [4.69, 9.17) is 27.9 Å². The fourth-order valence-electron chi connectivity index (χ4n) is 2.13. The molecule has 114 valence electrons. The molecule has 0 fully saturated rings. The molecule has 1 atom stereocenters. The van der Waals surface area contributed by atoms with Crippen LogP contribution in [0.25, 0.3) is 0 Å². The second kappa shape index (κ2) is 8.42. The van der Waals surface area contributed by atoms with Crippen molar-refractivity contribution in [2.75, 3.05) is 0 Å². The highest BCUT2D eigenvalue weighted by molar-refractivity contribution is 6.42. The Hall–Kier alpha value is -1.03. The molecule has 1 aromatic carbocycles. The minimum atomic E-state index is 0.175. The third-order valence-electron chi connectivity index (χ3n) is 3.32. The van der Waals surface area contributed by atoms with Crippen LogP contribution in [0, 0.1) is 0 Å². The smallest absolute Gasteiger partial charge is 0.0946 e. The van der Waals surface area contributed by atoms with E-state index in [9.17, 15) is 0 Å². The molecular weight excluding hydrogens is 307 g/mol. The van der Waals surface area contributed by atoms with Gasteiger partial charge in [0, 0.05) is 18.9 Å². The lowest BCUT2D eigenvalue weighted by atomic mass is 10.1. The molecule has 0 aliphatic rings. The maximum Gasteiger partial charge on any atom is 0.0946 e. The summed E-state index contributed by atoms with van der Waals surface area (Å²) in [5.74, 6) is 0. The van der Waals surface area contributed by atoms with Crippen LogP contribution in [0.5, 0.6) is 0 Å². The number of hydrogen-bond acceptors (Lipinski definition) is 2. The molecule has 21 heavy (non-hydrogen) atoms. The van der Waals surface area contributed by atoms with E-state index in [1.165, 1.54) is 0 Å². The van der Waals surface area contributed by atoms with Gasteiger partial charge in [0.25, 0.3) is 0 Å². The number of ether oxygens (including phenoxy) is 1. The Balaban J connectivity index is 1.92. The van der Waals surface area contributed by atoms with Crippen LogP contribution >= 0.6 is 23.2 Å². The zero-order chi connectivity index (χ0) is 15.1. The maximum absolute atomic E-state index is 6.05. The Bertz CT molecular complexity index is 543. The summed E-state index contributed by atoms with van der Waals surface area (Å²) >= 11 is 12.0. The Morgan fingerprint density at radius 1 is 1.29 bits per heavy atom. The van der Waals surface area contributed by atoms with Crippen LogP contribution in [-0.2, 0) is 17.9 Å². The fourth-order valence-corrected chi connectivity index (χ4v) is 2.45. The zero-order valence-electron chi connectivity index (χ0n) is 12.1. The normalized spacial score (nSPS) is 12.5. The maximum atomic E-state index is 6.05. The van der Waals surface area contributed by atoms with E-state index >= 15 is 0 Å². The van der Waals surface area contributed by atoms with Crippen LogP contribution in [0.1, 0.15) is 31.7 Å². The number of imidazole rings is 1. The molecule has 0 spiro atoms. The predicted octanol–water partition coefficient (Wildman–Crippen LogP) is 4.97. The van der Waals surface area contributed by atoms with Crippen molar-refractivity contribution in [1.82, 2.24) is 9.55 Å². The van der Waals surface area contributed by atoms with E-state index < -0.39 is 0 Å². The number of nitrogens with zero attached hydrogens (tertiary/aromatic N) is 2. The SMILES string of the molecule is CCCCC(Cn1ccnc1)OCc1ccc(Cl)c(Cl)c1. The van der Waals surface area contributed by atoms with Crippen LogP contribution in [0.3, 0.4) is 0 Å². The zero-order valence-corrected chi connectivity index (χ0v) is 13.6. The highest BCUT2D eigenvalue weighted by Crippen LogP contribution is 2.23. The lowest BCUT2D eigenvalue weighted by Gasteiger charge is -2.18. The Labute approximate surface area is 135 Å². The van der Waals surface area contributed by atoms with Gasteiger partial charge in [-0.1, -0.05) is 49.0 Å². The Morgan fingerprint density at radius 3 is 2.81 bits per heavy atom. The molecule has 0 saturated heterocycles. The largest absolute Gasteiger partial charge is 0.372 e. The van der Waals surface area contributed by atoms with Gasteiger partial charge < -0.3 is 9.30 Å². The van der Waals surface area contributed by atoms with Gasteiger partial charge in [0.05, 0.1) is 29.1 Å². The van der Waals surface area contributed by atoms with E-state index in [0.29, 0.717) is 16.7 Å². The average Bonchev–Trinajstić information content (AvgIpc) is 2.98. The molecule has 0 N–H and O–H groups in total. The molecule has 2 aromatic rings. The summed E-state index contributed by atoms with van der Waals surface area (Å²) in [5.41, 5.74) is 1.04. The lowest BCUT2D eigenvalue weighted by molar-refractivity contribution is 0.0224. The summed E-state index contributed by atoms with van der Waals surface area (Å²) < 4.78 is 8.10. The number of benzene rings is 1. The molecule has 0 amide bonds. The molecule has 0 aliphatic carbocycles. The second-order valence-electron chi connectivity index (χ2n) is 5.08. The lowest BCUT2D eigenvalue weighted by Crippen LogP contribution is -2.19. The van der Waals surface area contributed by atoms with Gasteiger partial charge in [0.1, 0.15) is 0 Å². The summed E-state index contributed by atoms with van der Waals surface area (Å²) in [6, 6.07) is 5.61. The summed E-state index contributed by atoms with van der Waals surface area (Å²) in [6.07, 6.45) is 9.10. The monoisotopic (exact) mass is 326 g/mol. The molecule has 0 saturated carbocycles. The van der Waals surface area contributed by atoms with Gasteiger partial charge in [0.2, 0.25) is 0 Å². The summed E-state index contributed by atoms with van der Waals surface area (Å²) in [6.45, 7) is 3.55. The minimum Gasteiger partial charge on any atom is -0.372 e. The van der Waals surface area contributed by atoms with Crippen molar-refractivity contribution >= 4 is 23.2 Å². The van der Waals surface area contributed by atoms with E-state index in [1.807, 2.05) is 24.7 Å². The van der Waals surface area contributed by atoms with Crippen molar-refractivity contribution in [3.63, 3.8) is 0 Å². The first-order valence-corrected chi connectivity index (χ1v) is 7.96. The van der Waals surface area contributed by atoms with Gasteiger partial charge in [-0.3, -0.25) is 0 Å². The first-order valence-electron chi connectivity index (χ1n) is 7.20. The molecule has 0 bridgehead atoms. The standard InChI is InChI=1S/C16H20Cl2N2O/c1-2-3-4-14(10-20-8-7-19-12-20)21-11-13-5-6-15(17)16(18)9-13/h5-9,12,14H,2-4,10-11H2,1H3. The summed E-state index contributed by atoms with van der Waals surface area (Å²) in [7, 11) is 0. The van der Waals surface area contributed by atoms with Gasteiger partial charge >= 0.3 is 0 Å². The van der Waals surface area contributed by atoms with Crippen LogP contribution in [-0.4, -0.2) is 15.7 Å². The van der Waals surface area contributed by atoms with Crippen molar-refractivity contribution in [3.05, 3.63) is 52.5 Å². The molecular formula is C16H20Cl2N2O. The molecule has 0 aliphatic heterocycles. The van der Waals surface area contributed by atoms with Gasteiger partial charge in [0.15, 0.2) is 0 Å². The highest BCUT2D eigenvalue weighted by Gasteiger charge is 2.10. The summed E-state index contributed by atoms with van der Waals surface area (Å²) in [4.78, 5) is 4.07. The minimum absolute atomic E-state index is 0.175. The van der Waals surface area contributed by atoms with E-state index in [-0.39, 0.29) is 6.10 Å². The van der Waals surface area contributed by atoms with Crippen molar-refractivity contribution in [2.45, 2.75) is 45.4 Å². The van der Waals surface area contributed by atoms with Gasteiger partial charge in [-0.15, -0.1) is 0 Å². The van der Waals surface area contributed by atoms with Crippen molar-refractivity contribution in [2.24, 2.45) is 0 Å². The number of hydrogen-bond donors (Lipinski definition) is 0. The van der Waals surface area contributed by atoms with Gasteiger partial charge in [-0.05, 0) is 24.1 Å². The molecule has 3 nitrogen and oxygen atoms in total. The molecule has 5 heteroatoms. The second-order valence-corrected chi connectivity index (χ2v) is 5.90. The molecule has 1 heterocycles. The van der Waals surface area contributed by atoms with Crippen molar-refractivity contribution < 1.29 is 4.74 Å². The Morgan fingerprint density at radius 2 is 2.14 bits per heavy atom. The van der Waals surface area contributed by atoms with Crippen LogP contribution in [0.2, 0.25) is 10.0 Å². The molecule has 2 rings (SSSR count).